The molecule has 102 valence electrons. The van der Waals surface area contributed by atoms with Crippen LogP contribution in [0, 0.1) is 5.82 Å². The summed E-state index contributed by atoms with van der Waals surface area (Å²) in [6.45, 7) is 7.10. The smallest absolute Gasteiger partial charge is 0.123 e. The van der Waals surface area contributed by atoms with Gasteiger partial charge in [0.25, 0.3) is 0 Å². The Labute approximate surface area is 117 Å². The van der Waals surface area contributed by atoms with Gasteiger partial charge in [-0.15, -0.1) is 5.10 Å². The summed E-state index contributed by atoms with van der Waals surface area (Å²) in [5.74, 6) is 0.112. The van der Waals surface area contributed by atoms with Gasteiger partial charge in [-0.2, -0.15) is 0 Å². The molecule has 5 heteroatoms. The van der Waals surface area contributed by atoms with E-state index in [1.165, 1.54) is 23.7 Å². The van der Waals surface area contributed by atoms with Crippen molar-refractivity contribution in [3.63, 3.8) is 0 Å². The summed E-state index contributed by atoms with van der Waals surface area (Å²) in [5, 5.41) is 7.64. The number of halogens is 1. The minimum Gasteiger partial charge on any atom is -0.306 e. The first-order valence-corrected chi connectivity index (χ1v) is 7.21. The van der Waals surface area contributed by atoms with Crippen molar-refractivity contribution in [2.75, 3.05) is 6.54 Å². The van der Waals surface area contributed by atoms with Crippen molar-refractivity contribution >= 4 is 11.5 Å². The molecule has 1 heterocycles. The molecule has 0 aliphatic heterocycles. The van der Waals surface area contributed by atoms with Crippen LogP contribution < -0.4 is 5.32 Å². The maximum atomic E-state index is 13.0. The summed E-state index contributed by atoms with van der Waals surface area (Å²) < 4.78 is 17.1. The van der Waals surface area contributed by atoms with Crippen LogP contribution in [0.4, 0.5) is 4.39 Å². The van der Waals surface area contributed by atoms with E-state index in [-0.39, 0.29) is 11.9 Å². The second kappa shape index (κ2) is 6.21. The normalized spacial score (nSPS) is 12.9. The van der Waals surface area contributed by atoms with Crippen LogP contribution in [0.25, 0.3) is 0 Å². The van der Waals surface area contributed by atoms with E-state index in [4.69, 9.17) is 0 Å². The predicted octanol–water partition coefficient (Wildman–Crippen LogP) is 3.50. The van der Waals surface area contributed by atoms with E-state index in [2.05, 4.69) is 35.7 Å². The molecule has 1 N–H and O–H groups in total. The largest absolute Gasteiger partial charge is 0.306 e. The molecule has 0 radical (unpaired) electrons. The van der Waals surface area contributed by atoms with Crippen LogP contribution >= 0.6 is 11.5 Å². The van der Waals surface area contributed by atoms with Crippen LogP contribution in [-0.4, -0.2) is 16.1 Å². The Bertz CT molecular complexity index is 522. The van der Waals surface area contributed by atoms with E-state index in [0.29, 0.717) is 5.92 Å². The predicted molar refractivity (Wildman–Crippen MR) is 75.9 cm³/mol. The fourth-order valence-electron chi connectivity index (χ4n) is 2.03. The van der Waals surface area contributed by atoms with E-state index in [1.54, 1.807) is 0 Å². The quantitative estimate of drug-likeness (QED) is 0.910. The van der Waals surface area contributed by atoms with Crippen molar-refractivity contribution in [1.29, 1.82) is 0 Å². The number of aromatic nitrogens is 2. The van der Waals surface area contributed by atoms with Crippen LogP contribution in [0.15, 0.2) is 24.3 Å². The summed E-state index contributed by atoms with van der Waals surface area (Å²) >= 11 is 1.41. The SMILES string of the molecule is CCNC(c1ccc(F)cc1)c1snnc1C(C)C. The van der Waals surface area contributed by atoms with Crippen LogP contribution in [0.1, 0.15) is 48.9 Å². The standard InChI is InChI=1S/C14H18FN3S/c1-4-16-13(10-5-7-11(15)8-6-10)14-12(9(2)3)17-18-19-14/h5-9,13,16H,4H2,1-3H3. The first-order chi connectivity index (χ1) is 9.13. The van der Waals surface area contributed by atoms with Crippen LogP contribution in [0.2, 0.25) is 0 Å². The average molecular weight is 279 g/mol. The average Bonchev–Trinajstić information content (AvgIpc) is 2.86. The number of rotatable bonds is 5. The lowest BCUT2D eigenvalue weighted by Gasteiger charge is -2.18. The minimum atomic E-state index is -0.217. The fourth-order valence-corrected chi connectivity index (χ4v) is 2.94. The molecule has 0 aliphatic rings. The number of hydrogen-bond acceptors (Lipinski definition) is 4. The number of benzene rings is 1. The molecule has 0 fully saturated rings. The van der Waals surface area contributed by atoms with Gasteiger partial charge in [-0.1, -0.05) is 37.4 Å². The molecule has 2 aromatic rings. The topological polar surface area (TPSA) is 37.8 Å². The molecule has 0 amide bonds. The molecule has 0 saturated carbocycles. The molecule has 0 bridgehead atoms. The zero-order valence-corrected chi connectivity index (χ0v) is 12.2. The third kappa shape index (κ3) is 3.16. The van der Waals surface area contributed by atoms with Gasteiger partial charge in [0, 0.05) is 0 Å². The molecule has 3 nitrogen and oxygen atoms in total. The third-order valence-corrected chi connectivity index (χ3v) is 3.77. The molecule has 1 unspecified atom stereocenters. The number of hydrogen-bond donors (Lipinski definition) is 1. The molecule has 19 heavy (non-hydrogen) atoms. The molecular formula is C14H18FN3S. The van der Waals surface area contributed by atoms with Gasteiger partial charge < -0.3 is 5.32 Å². The minimum absolute atomic E-state index is 0.0306. The van der Waals surface area contributed by atoms with Gasteiger partial charge in [0.2, 0.25) is 0 Å². The molecule has 0 spiro atoms. The van der Waals surface area contributed by atoms with Crippen molar-refractivity contribution in [1.82, 2.24) is 14.9 Å². The highest BCUT2D eigenvalue weighted by Crippen LogP contribution is 2.30. The van der Waals surface area contributed by atoms with Gasteiger partial charge in [0.1, 0.15) is 5.82 Å². The van der Waals surface area contributed by atoms with Gasteiger partial charge in [0.05, 0.1) is 16.6 Å². The summed E-state index contributed by atoms with van der Waals surface area (Å²) in [5.41, 5.74) is 2.05. The van der Waals surface area contributed by atoms with E-state index in [9.17, 15) is 4.39 Å². The van der Waals surface area contributed by atoms with Crippen molar-refractivity contribution in [3.05, 3.63) is 46.2 Å². The molecule has 1 aromatic heterocycles. The fraction of sp³-hybridized carbons (Fsp3) is 0.429. The monoisotopic (exact) mass is 279 g/mol. The number of nitrogens with one attached hydrogen (secondary N) is 1. The van der Waals surface area contributed by atoms with E-state index in [0.717, 1.165) is 22.7 Å². The molecule has 1 atom stereocenters. The highest BCUT2D eigenvalue weighted by Gasteiger charge is 2.21. The van der Waals surface area contributed by atoms with Crippen LogP contribution in [0.3, 0.4) is 0 Å². The summed E-state index contributed by atoms with van der Waals surface area (Å²) in [7, 11) is 0. The lowest BCUT2D eigenvalue weighted by atomic mass is 10.00. The molecule has 0 saturated heterocycles. The Hall–Kier alpha value is -1.33. The van der Waals surface area contributed by atoms with Crippen molar-refractivity contribution in [2.24, 2.45) is 0 Å². The van der Waals surface area contributed by atoms with Crippen molar-refractivity contribution in [2.45, 2.75) is 32.7 Å². The van der Waals surface area contributed by atoms with Gasteiger partial charge in [0.15, 0.2) is 0 Å². The van der Waals surface area contributed by atoms with E-state index in [1.807, 2.05) is 12.1 Å². The van der Waals surface area contributed by atoms with Gasteiger partial charge in [-0.05, 0) is 41.7 Å². The Morgan fingerprint density at radius 1 is 1.26 bits per heavy atom. The third-order valence-electron chi connectivity index (χ3n) is 2.96. The van der Waals surface area contributed by atoms with Crippen LogP contribution in [0.5, 0.6) is 0 Å². The Kier molecular flexibility index (Phi) is 4.61. The van der Waals surface area contributed by atoms with Gasteiger partial charge in [-0.3, -0.25) is 0 Å². The summed E-state index contributed by atoms with van der Waals surface area (Å²) in [6, 6.07) is 6.63. The first-order valence-electron chi connectivity index (χ1n) is 6.44. The highest BCUT2D eigenvalue weighted by molar-refractivity contribution is 7.05. The first kappa shape index (κ1) is 14.1. The Morgan fingerprint density at radius 3 is 2.53 bits per heavy atom. The second-order valence-electron chi connectivity index (χ2n) is 4.72. The summed E-state index contributed by atoms with van der Waals surface area (Å²) in [4.78, 5) is 1.11. The lowest BCUT2D eigenvalue weighted by Crippen LogP contribution is -2.22. The molecule has 0 aliphatic carbocycles. The molecule has 1 aromatic carbocycles. The summed E-state index contributed by atoms with van der Waals surface area (Å²) in [6.07, 6.45) is 0. The maximum absolute atomic E-state index is 13.0. The van der Waals surface area contributed by atoms with Crippen molar-refractivity contribution < 1.29 is 4.39 Å². The van der Waals surface area contributed by atoms with Gasteiger partial charge in [-0.25, -0.2) is 4.39 Å². The zero-order valence-electron chi connectivity index (χ0n) is 11.4. The highest BCUT2D eigenvalue weighted by atomic mass is 32.1. The Morgan fingerprint density at radius 2 is 1.95 bits per heavy atom. The number of nitrogens with zero attached hydrogens (tertiary/aromatic N) is 2. The van der Waals surface area contributed by atoms with Crippen LogP contribution in [-0.2, 0) is 0 Å². The molecular weight excluding hydrogens is 261 g/mol. The van der Waals surface area contributed by atoms with E-state index >= 15 is 0 Å². The second-order valence-corrected chi connectivity index (χ2v) is 5.51. The molecule has 2 rings (SSSR count). The van der Waals surface area contributed by atoms with E-state index < -0.39 is 0 Å². The van der Waals surface area contributed by atoms with Gasteiger partial charge >= 0.3 is 0 Å². The van der Waals surface area contributed by atoms with Crippen molar-refractivity contribution in [3.8, 4) is 0 Å². The Balaban J connectivity index is 2.39. The lowest BCUT2D eigenvalue weighted by molar-refractivity contribution is 0.612. The zero-order chi connectivity index (χ0) is 13.8. The maximum Gasteiger partial charge on any atom is 0.123 e.